The normalized spacial score (nSPS) is 13.8. The van der Waals surface area contributed by atoms with Crippen LogP contribution in [0.1, 0.15) is 44.7 Å². The standard InChI is InChI=1S/C29H35N5O2S/c1-19(20-8-6-5-7-9-20)14-21-15-23-24(36-18-35-23)16-25(21)37-28-33-26-22(10-11-32-27(26)30)34(28)13-12-31-17-29(2,3)4/h5-11,15-16,19,31H,12-14,17-18H2,1-4H3,(H2,30,32). The van der Waals surface area contributed by atoms with Crippen LogP contribution in [0.15, 0.2) is 64.8 Å². The lowest BCUT2D eigenvalue weighted by molar-refractivity contribution is 0.174. The number of benzene rings is 2. The molecule has 0 aliphatic carbocycles. The van der Waals surface area contributed by atoms with E-state index < -0.39 is 0 Å². The summed E-state index contributed by atoms with van der Waals surface area (Å²) in [6.45, 7) is 11.8. The van der Waals surface area contributed by atoms with Crippen LogP contribution in [0.25, 0.3) is 11.0 Å². The number of nitrogens with one attached hydrogen (secondary N) is 1. The summed E-state index contributed by atoms with van der Waals surface area (Å²) in [5, 5.41) is 4.47. The minimum Gasteiger partial charge on any atom is -0.454 e. The van der Waals surface area contributed by atoms with E-state index >= 15 is 0 Å². The van der Waals surface area contributed by atoms with Crippen molar-refractivity contribution in [3.8, 4) is 11.5 Å². The molecule has 0 radical (unpaired) electrons. The molecule has 1 atom stereocenters. The van der Waals surface area contributed by atoms with E-state index in [9.17, 15) is 0 Å². The van der Waals surface area contributed by atoms with E-state index in [1.54, 1.807) is 18.0 Å². The predicted molar refractivity (Wildman–Crippen MR) is 150 cm³/mol. The van der Waals surface area contributed by atoms with Crippen molar-refractivity contribution in [3.05, 3.63) is 65.9 Å². The van der Waals surface area contributed by atoms with Gasteiger partial charge in [-0.05, 0) is 47.1 Å². The minimum atomic E-state index is 0.222. The zero-order valence-electron chi connectivity index (χ0n) is 22.0. The Labute approximate surface area is 222 Å². The molecule has 4 aromatic rings. The number of aromatic nitrogens is 3. The molecule has 194 valence electrons. The number of fused-ring (bicyclic) bond motifs is 2. The van der Waals surface area contributed by atoms with Gasteiger partial charge in [0.25, 0.3) is 0 Å². The second-order valence-corrected chi connectivity index (χ2v) is 11.8. The van der Waals surface area contributed by atoms with Gasteiger partial charge in [-0.15, -0.1) is 0 Å². The molecule has 8 heteroatoms. The van der Waals surface area contributed by atoms with Crippen molar-refractivity contribution in [2.24, 2.45) is 5.41 Å². The molecule has 1 aliphatic rings. The van der Waals surface area contributed by atoms with Crippen molar-refractivity contribution in [2.75, 3.05) is 25.6 Å². The van der Waals surface area contributed by atoms with Gasteiger partial charge < -0.3 is 25.1 Å². The van der Waals surface area contributed by atoms with Gasteiger partial charge in [0.2, 0.25) is 6.79 Å². The van der Waals surface area contributed by atoms with Crippen molar-refractivity contribution in [1.82, 2.24) is 19.9 Å². The van der Waals surface area contributed by atoms with Gasteiger partial charge in [-0.2, -0.15) is 0 Å². The van der Waals surface area contributed by atoms with Crippen LogP contribution in [-0.2, 0) is 13.0 Å². The second-order valence-electron chi connectivity index (χ2n) is 10.8. The summed E-state index contributed by atoms with van der Waals surface area (Å²) in [6.07, 6.45) is 2.63. The maximum absolute atomic E-state index is 6.23. The molecule has 1 unspecified atom stereocenters. The van der Waals surface area contributed by atoms with Crippen molar-refractivity contribution < 1.29 is 9.47 Å². The van der Waals surface area contributed by atoms with Crippen LogP contribution in [-0.4, -0.2) is 34.4 Å². The van der Waals surface area contributed by atoms with Crippen LogP contribution >= 0.6 is 11.8 Å². The maximum Gasteiger partial charge on any atom is 0.231 e. The molecule has 0 fully saturated rings. The van der Waals surface area contributed by atoms with Crippen LogP contribution in [0.5, 0.6) is 11.5 Å². The Morgan fingerprint density at radius 3 is 2.62 bits per heavy atom. The molecule has 3 heterocycles. The zero-order chi connectivity index (χ0) is 26.0. The molecule has 3 N–H and O–H groups in total. The Bertz CT molecular complexity index is 1380. The Balaban J connectivity index is 1.48. The molecule has 2 aromatic heterocycles. The highest BCUT2D eigenvalue weighted by Gasteiger charge is 2.22. The third-order valence-electron chi connectivity index (χ3n) is 6.48. The first-order valence-electron chi connectivity index (χ1n) is 12.8. The number of ether oxygens (including phenoxy) is 2. The highest BCUT2D eigenvalue weighted by atomic mass is 32.2. The minimum absolute atomic E-state index is 0.222. The average Bonchev–Trinajstić information content (AvgIpc) is 3.46. The van der Waals surface area contributed by atoms with E-state index in [-0.39, 0.29) is 12.2 Å². The Hall–Kier alpha value is -3.23. The smallest absolute Gasteiger partial charge is 0.231 e. The van der Waals surface area contributed by atoms with Gasteiger partial charge in [0, 0.05) is 30.7 Å². The van der Waals surface area contributed by atoms with Gasteiger partial charge in [-0.1, -0.05) is 69.8 Å². The van der Waals surface area contributed by atoms with Crippen molar-refractivity contribution in [3.63, 3.8) is 0 Å². The summed E-state index contributed by atoms with van der Waals surface area (Å²) >= 11 is 1.65. The maximum atomic E-state index is 6.23. The molecule has 0 bridgehead atoms. The third-order valence-corrected chi connectivity index (χ3v) is 7.57. The Morgan fingerprint density at radius 2 is 1.86 bits per heavy atom. The topological polar surface area (TPSA) is 87.2 Å². The van der Waals surface area contributed by atoms with Crippen LogP contribution in [0, 0.1) is 5.41 Å². The number of nitrogens with zero attached hydrogens (tertiary/aromatic N) is 3. The number of nitrogens with two attached hydrogens (primary N) is 1. The quantitative estimate of drug-likeness (QED) is 0.268. The zero-order valence-corrected chi connectivity index (χ0v) is 22.8. The van der Waals surface area contributed by atoms with Crippen LogP contribution in [0.4, 0.5) is 5.82 Å². The summed E-state index contributed by atoms with van der Waals surface area (Å²) in [4.78, 5) is 10.3. The second kappa shape index (κ2) is 10.6. The summed E-state index contributed by atoms with van der Waals surface area (Å²) in [7, 11) is 0. The molecular weight excluding hydrogens is 482 g/mol. The van der Waals surface area contributed by atoms with Gasteiger partial charge in [-0.3, -0.25) is 0 Å². The Morgan fingerprint density at radius 1 is 1.11 bits per heavy atom. The molecular formula is C29H35N5O2S. The first-order chi connectivity index (χ1) is 17.8. The fourth-order valence-corrected chi connectivity index (χ4v) is 5.62. The van der Waals surface area contributed by atoms with E-state index in [0.29, 0.717) is 11.7 Å². The number of nitrogen functional groups attached to an aromatic ring is 1. The van der Waals surface area contributed by atoms with E-state index in [2.05, 4.69) is 85.0 Å². The molecule has 2 aromatic carbocycles. The number of anilines is 1. The summed E-state index contributed by atoms with van der Waals surface area (Å²) < 4.78 is 13.7. The monoisotopic (exact) mass is 517 g/mol. The van der Waals surface area contributed by atoms with E-state index in [1.807, 2.05) is 6.07 Å². The largest absolute Gasteiger partial charge is 0.454 e. The van der Waals surface area contributed by atoms with Gasteiger partial charge in [0.15, 0.2) is 22.5 Å². The van der Waals surface area contributed by atoms with Gasteiger partial charge >= 0.3 is 0 Å². The highest BCUT2D eigenvalue weighted by molar-refractivity contribution is 7.99. The fraction of sp³-hybridized carbons (Fsp3) is 0.379. The Kier molecular flexibility index (Phi) is 7.31. The first-order valence-corrected chi connectivity index (χ1v) is 13.6. The van der Waals surface area contributed by atoms with Gasteiger partial charge in [0.1, 0.15) is 5.52 Å². The number of pyridine rings is 1. The van der Waals surface area contributed by atoms with E-state index in [0.717, 1.165) is 58.6 Å². The molecule has 0 spiro atoms. The van der Waals surface area contributed by atoms with Crippen molar-refractivity contribution in [2.45, 2.75) is 56.6 Å². The summed E-state index contributed by atoms with van der Waals surface area (Å²) in [5.74, 6) is 2.37. The van der Waals surface area contributed by atoms with Gasteiger partial charge in [-0.25, -0.2) is 9.97 Å². The van der Waals surface area contributed by atoms with Crippen molar-refractivity contribution >= 4 is 28.6 Å². The number of hydrogen-bond acceptors (Lipinski definition) is 7. The number of hydrogen-bond donors (Lipinski definition) is 2. The average molecular weight is 518 g/mol. The van der Waals surface area contributed by atoms with Crippen LogP contribution in [0.3, 0.4) is 0 Å². The lowest BCUT2D eigenvalue weighted by Gasteiger charge is -2.19. The molecule has 5 rings (SSSR count). The molecule has 1 aliphatic heterocycles. The molecule has 0 saturated carbocycles. The van der Waals surface area contributed by atoms with Gasteiger partial charge in [0.05, 0.1) is 5.52 Å². The number of imidazole rings is 1. The molecule has 0 amide bonds. The van der Waals surface area contributed by atoms with Crippen LogP contribution < -0.4 is 20.5 Å². The number of rotatable bonds is 9. The van der Waals surface area contributed by atoms with E-state index in [1.165, 1.54) is 11.1 Å². The molecule has 37 heavy (non-hydrogen) atoms. The first kappa shape index (κ1) is 25.4. The lowest BCUT2D eigenvalue weighted by atomic mass is 9.93. The lowest BCUT2D eigenvalue weighted by Crippen LogP contribution is -2.29. The summed E-state index contributed by atoms with van der Waals surface area (Å²) in [5.41, 5.74) is 10.7. The predicted octanol–water partition coefficient (Wildman–Crippen LogP) is 5.88. The van der Waals surface area contributed by atoms with E-state index in [4.69, 9.17) is 20.2 Å². The third kappa shape index (κ3) is 5.86. The SMILES string of the molecule is CC(Cc1cc2c(cc1Sc1nc3c(N)nccc3n1CCNCC(C)(C)C)OCO2)c1ccccc1. The molecule has 7 nitrogen and oxygen atoms in total. The summed E-state index contributed by atoms with van der Waals surface area (Å²) in [6, 6.07) is 16.8. The van der Waals surface area contributed by atoms with Crippen molar-refractivity contribution in [1.29, 1.82) is 0 Å². The molecule has 0 saturated heterocycles. The van der Waals surface area contributed by atoms with Crippen LogP contribution in [0.2, 0.25) is 0 Å². The fourth-order valence-electron chi connectivity index (χ4n) is 4.55. The highest BCUT2D eigenvalue weighted by Crippen LogP contribution is 2.42.